The first-order valence-electron chi connectivity index (χ1n) is 6.35. The van der Waals surface area contributed by atoms with Gasteiger partial charge >= 0.3 is 0 Å². The predicted octanol–water partition coefficient (Wildman–Crippen LogP) is 4.32. The van der Waals surface area contributed by atoms with Crippen molar-refractivity contribution >= 4 is 6.29 Å². The SMILES string of the molecule is C=C[C@@]1(C)CC[C@H](/C(C)=C\C=O)C[C@@H]1C(=C)C. The molecule has 0 unspecified atom stereocenters. The van der Waals surface area contributed by atoms with Crippen LogP contribution in [0.1, 0.15) is 40.0 Å². The highest BCUT2D eigenvalue weighted by Crippen LogP contribution is 2.48. The maximum absolute atomic E-state index is 10.5. The van der Waals surface area contributed by atoms with Crippen LogP contribution in [0.15, 0.2) is 36.5 Å². The van der Waals surface area contributed by atoms with Crippen LogP contribution < -0.4 is 0 Å². The van der Waals surface area contributed by atoms with E-state index in [4.69, 9.17) is 0 Å². The van der Waals surface area contributed by atoms with Crippen LogP contribution in [-0.2, 0) is 4.79 Å². The molecule has 0 spiro atoms. The van der Waals surface area contributed by atoms with Crippen LogP contribution >= 0.6 is 0 Å². The van der Waals surface area contributed by atoms with Crippen LogP contribution in [0, 0.1) is 17.3 Å². The molecule has 0 aromatic carbocycles. The average molecular weight is 232 g/mol. The second-order valence-electron chi connectivity index (χ2n) is 5.63. The van der Waals surface area contributed by atoms with E-state index in [-0.39, 0.29) is 5.41 Å². The lowest BCUT2D eigenvalue weighted by Gasteiger charge is -2.43. The van der Waals surface area contributed by atoms with Crippen molar-refractivity contribution in [2.75, 3.05) is 0 Å². The Morgan fingerprint density at radius 2 is 2.06 bits per heavy atom. The van der Waals surface area contributed by atoms with Gasteiger partial charge in [-0.1, -0.05) is 30.7 Å². The summed E-state index contributed by atoms with van der Waals surface area (Å²) in [6.45, 7) is 14.5. The molecule has 0 amide bonds. The van der Waals surface area contributed by atoms with Gasteiger partial charge in [-0.15, -0.1) is 6.58 Å². The van der Waals surface area contributed by atoms with Gasteiger partial charge in [0.05, 0.1) is 0 Å². The molecule has 0 bridgehead atoms. The fourth-order valence-electron chi connectivity index (χ4n) is 3.00. The van der Waals surface area contributed by atoms with Crippen molar-refractivity contribution in [3.63, 3.8) is 0 Å². The molecule has 0 aromatic heterocycles. The first-order chi connectivity index (χ1) is 7.94. The number of rotatable bonds is 4. The number of aldehydes is 1. The summed E-state index contributed by atoms with van der Waals surface area (Å²) in [7, 11) is 0. The van der Waals surface area contributed by atoms with Crippen molar-refractivity contribution in [3.05, 3.63) is 36.5 Å². The van der Waals surface area contributed by atoms with E-state index in [1.807, 2.05) is 0 Å². The first kappa shape index (κ1) is 14.0. The van der Waals surface area contributed by atoms with E-state index < -0.39 is 0 Å². The Balaban J connectivity index is 2.90. The zero-order valence-electron chi connectivity index (χ0n) is 11.3. The van der Waals surface area contributed by atoms with Crippen LogP contribution in [0.5, 0.6) is 0 Å². The summed E-state index contributed by atoms with van der Waals surface area (Å²) < 4.78 is 0. The van der Waals surface area contributed by atoms with Crippen LogP contribution in [-0.4, -0.2) is 6.29 Å². The fourth-order valence-corrected chi connectivity index (χ4v) is 3.00. The highest BCUT2D eigenvalue weighted by Gasteiger charge is 2.38. The molecular weight excluding hydrogens is 208 g/mol. The van der Waals surface area contributed by atoms with E-state index in [0.717, 1.165) is 25.5 Å². The minimum absolute atomic E-state index is 0.170. The number of carbonyl (C=O) groups is 1. The molecule has 0 N–H and O–H groups in total. The maximum Gasteiger partial charge on any atom is 0.142 e. The van der Waals surface area contributed by atoms with Gasteiger partial charge in [-0.2, -0.15) is 0 Å². The molecule has 1 fully saturated rings. The summed E-state index contributed by atoms with van der Waals surface area (Å²) in [6, 6.07) is 0. The van der Waals surface area contributed by atoms with Gasteiger partial charge < -0.3 is 0 Å². The van der Waals surface area contributed by atoms with Crippen molar-refractivity contribution in [3.8, 4) is 0 Å². The van der Waals surface area contributed by atoms with E-state index in [9.17, 15) is 4.79 Å². The summed E-state index contributed by atoms with van der Waals surface area (Å²) in [4.78, 5) is 10.5. The zero-order chi connectivity index (χ0) is 13.1. The van der Waals surface area contributed by atoms with Gasteiger partial charge in [-0.05, 0) is 56.4 Å². The molecule has 3 atom stereocenters. The normalized spacial score (nSPS) is 34.2. The molecule has 0 aromatic rings. The Morgan fingerprint density at radius 3 is 2.53 bits per heavy atom. The van der Waals surface area contributed by atoms with Crippen LogP contribution in [0.2, 0.25) is 0 Å². The standard InChI is InChI=1S/C16H24O/c1-6-16(5)9-7-14(13(4)8-10-17)11-15(16)12(2)3/h6,8,10,14-15H,1-2,7,9,11H2,3-5H3/b13-8-/t14-,15+,16-/m0/s1. The largest absolute Gasteiger partial charge is 0.299 e. The predicted molar refractivity (Wildman–Crippen MR) is 73.8 cm³/mol. The minimum atomic E-state index is 0.170. The molecular formula is C16H24O. The molecule has 0 radical (unpaired) electrons. The van der Waals surface area contributed by atoms with Gasteiger partial charge in [0.2, 0.25) is 0 Å². The molecule has 0 saturated heterocycles. The average Bonchev–Trinajstić information content (AvgIpc) is 2.29. The van der Waals surface area contributed by atoms with Gasteiger partial charge in [0.15, 0.2) is 0 Å². The summed E-state index contributed by atoms with van der Waals surface area (Å²) in [5, 5.41) is 0. The molecule has 1 aliphatic carbocycles. The lowest BCUT2D eigenvalue weighted by molar-refractivity contribution is -0.104. The van der Waals surface area contributed by atoms with Crippen molar-refractivity contribution in [2.24, 2.45) is 17.3 Å². The Hall–Kier alpha value is -1.11. The molecule has 1 aliphatic rings. The number of carbonyl (C=O) groups excluding carboxylic acids is 1. The number of hydrogen-bond donors (Lipinski definition) is 0. The molecule has 17 heavy (non-hydrogen) atoms. The summed E-state index contributed by atoms with van der Waals surface area (Å²) in [5.41, 5.74) is 2.61. The number of hydrogen-bond acceptors (Lipinski definition) is 1. The Bertz CT molecular complexity index is 351. The quantitative estimate of drug-likeness (QED) is 0.401. The van der Waals surface area contributed by atoms with Crippen molar-refractivity contribution in [1.82, 2.24) is 0 Å². The van der Waals surface area contributed by atoms with Crippen LogP contribution in [0.3, 0.4) is 0 Å². The summed E-state index contributed by atoms with van der Waals surface area (Å²) >= 11 is 0. The monoisotopic (exact) mass is 232 g/mol. The number of allylic oxidation sites excluding steroid dienone is 4. The van der Waals surface area contributed by atoms with Gasteiger partial charge in [0.25, 0.3) is 0 Å². The summed E-state index contributed by atoms with van der Waals surface area (Å²) in [6.07, 6.45) is 8.05. The molecule has 1 nitrogen and oxygen atoms in total. The maximum atomic E-state index is 10.5. The van der Waals surface area contributed by atoms with Gasteiger partial charge in [-0.3, -0.25) is 4.79 Å². The van der Waals surface area contributed by atoms with Gasteiger partial charge in [0.1, 0.15) is 6.29 Å². The van der Waals surface area contributed by atoms with Crippen molar-refractivity contribution in [1.29, 1.82) is 0 Å². The lowest BCUT2D eigenvalue weighted by Crippen LogP contribution is -2.33. The molecule has 0 aliphatic heterocycles. The van der Waals surface area contributed by atoms with E-state index in [0.29, 0.717) is 11.8 Å². The van der Waals surface area contributed by atoms with Gasteiger partial charge in [0, 0.05) is 0 Å². The minimum Gasteiger partial charge on any atom is -0.299 e. The third-order valence-corrected chi connectivity index (χ3v) is 4.38. The molecule has 1 rings (SSSR count). The second kappa shape index (κ2) is 5.48. The van der Waals surface area contributed by atoms with Gasteiger partial charge in [-0.25, -0.2) is 0 Å². The smallest absolute Gasteiger partial charge is 0.142 e. The van der Waals surface area contributed by atoms with Crippen LogP contribution in [0.25, 0.3) is 0 Å². The van der Waals surface area contributed by atoms with E-state index in [1.54, 1.807) is 6.08 Å². The Kier molecular flexibility index (Phi) is 4.50. The van der Waals surface area contributed by atoms with Crippen molar-refractivity contribution < 1.29 is 4.79 Å². The molecule has 1 heteroatoms. The molecule has 94 valence electrons. The second-order valence-corrected chi connectivity index (χ2v) is 5.63. The van der Waals surface area contributed by atoms with Crippen molar-refractivity contribution in [2.45, 2.75) is 40.0 Å². The summed E-state index contributed by atoms with van der Waals surface area (Å²) in [5.74, 6) is 1.00. The topological polar surface area (TPSA) is 17.1 Å². The van der Waals surface area contributed by atoms with Crippen LogP contribution in [0.4, 0.5) is 0 Å². The van der Waals surface area contributed by atoms with E-state index >= 15 is 0 Å². The Morgan fingerprint density at radius 1 is 1.41 bits per heavy atom. The third-order valence-electron chi connectivity index (χ3n) is 4.38. The highest BCUT2D eigenvalue weighted by molar-refractivity contribution is 5.66. The fraction of sp³-hybridized carbons (Fsp3) is 0.562. The highest BCUT2D eigenvalue weighted by atomic mass is 16.1. The first-order valence-corrected chi connectivity index (χ1v) is 6.35. The lowest BCUT2D eigenvalue weighted by atomic mass is 9.61. The molecule has 0 heterocycles. The third kappa shape index (κ3) is 2.96. The van der Waals surface area contributed by atoms with E-state index in [1.165, 1.54) is 11.1 Å². The van der Waals surface area contributed by atoms with E-state index in [2.05, 4.69) is 40.0 Å². The zero-order valence-corrected chi connectivity index (χ0v) is 11.3. The Labute approximate surface area is 105 Å². The molecule has 1 saturated carbocycles.